The third kappa shape index (κ3) is 1.86. The first kappa shape index (κ1) is 11.2. The molecule has 94 valence electrons. The molecule has 0 radical (unpaired) electrons. The van der Waals surface area contributed by atoms with Crippen LogP contribution in [-0.2, 0) is 4.74 Å². The maximum atomic E-state index is 11.4. The molecule has 3 heterocycles. The summed E-state index contributed by atoms with van der Waals surface area (Å²) in [5.41, 5.74) is 2.65. The van der Waals surface area contributed by atoms with Gasteiger partial charge in [0.15, 0.2) is 5.78 Å². The molecule has 0 N–H and O–H groups in total. The summed E-state index contributed by atoms with van der Waals surface area (Å²) in [5, 5.41) is 4.23. The fourth-order valence-electron chi connectivity index (χ4n) is 2.25. The molecule has 0 saturated carbocycles. The van der Waals surface area contributed by atoms with Gasteiger partial charge in [-0.15, -0.1) is 0 Å². The van der Waals surface area contributed by atoms with E-state index in [1.165, 1.54) is 0 Å². The standard InChI is InChI=1S/C13H15N3O2/c1-10(17)12-8-14-16-9-11(2-3-13(12)16)15-4-6-18-7-5-15/h2-3,8-9H,4-7H2,1H3. The van der Waals surface area contributed by atoms with Gasteiger partial charge in [0.25, 0.3) is 0 Å². The van der Waals surface area contributed by atoms with Gasteiger partial charge in [0.2, 0.25) is 0 Å². The number of nitrogens with zero attached hydrogens (tertiary/aromatic N) is 3. The Morgan fingerprint density at radius 3 is 2.83 bits per heavy atom. The number of anilines is 1. The number of Topliss-reactive ketones (excluding diaryl/α,β-unsaturated/α-hetero) is 1. The van der Waals surface area contributed by atoms with Crippen molar-refractivity contribution in [1.82, 2.24) is 9.61 Å². The lowest BCUT2D eigenvalue weighted by molar-refractivity contribution is 0.101. The lowest BCUT2D eigenvalue weighted by atomic mass is 10.2. The number of pyridine rings is 1. The monoisotopic (exact) mass is 245 g/mol. The summed E-state index contributed by atoms with van der Waals surface area (Å²) in [4.78, 5) is 13.7. The minimum Gasteiger partial charge on any atom is -0.378 e. The Kier molecular flexibility index (Phi) is 2.76. The second-order valence-corrected chi connectivity index (χ2v) is 4.43. The van der Waals surface area contributed by atoms with Crippen LogP contribution in [0.5, 0.6) is 0 Å². The predicted octanol–water partition coefficient (Wildman–Crippen LogP) is 1.37. The zero-order valence-corrected chi connectivity index (χ0v) is 10.3. The largest absolute Gasteiger partial charge is 0.378 e. The molecule has 0 atom stereocenters. The van der Waals surface area contributed by atoms with E-state index < -0.39 is 0 Å². The second kappa shape index (κ2) is 4.42. The van der Waals surface area contributed by atoms with Crippen LogP contribution in [-0.4, -0.2) is 41.7 Å². The van der Waals surface area contributed by atoms with Gasteiger partial charge in [0.1, 0.15) is 0 Å². The van der Waals surface area contributed by atoms with Crippen molar-refractivity contribution in [1.29, 1.82) is 0 Å². The number of hydrogen-bond acceptors (Lipinski definition) is 4. The zero-order valence-electron chi connectivity index (χ0n) is 10.3. The van der Waals surface area contributed by atoms with Crippen LogP contribution in [0.1, 0.15) is 17.3 Å². The third-order valence-corrected chi connectivity index (χ3v) is 3.26. The Bertz CT molecular complexity index is 585. The van der Waals surface area contributed by atoms with E-state index in [-0.39, 0.29) is 5.78 Å². The first-order valence-corrected chi connectivity index (χ1v) is 6.07. The number of ketones is 1. The van der Waals surface area contributed by atoms with Gasteiger partial charge in [-0.05, 0) is 19.1 Å². The molecule has 0 amide bonds. The van der Waals surface area contributed by atoms with Crippen molar-refractivity contribution >= 4 is 17.0 Å². The summed E-state index contributed by atoms with van der Waals surface area (Å²) in [5.74, 6) is 0.0455. The maximum Gasteiger partial charge on any atom is 0.163 e. The molecular formula is C13H15N3O2. The average molecular weight is 245 g/mol. The highest BCUT2D eigenvalue weighted by Crippen LogP contribution is 2.19. The molecule has 2 aromatic heterocycles. The third-order valence-electron chi connectivity index (χ3n) is 3.26. The average Bonchev–Trinajstić information content (AvgIpc) is 2.82. The van der Waals surface area contributed by atoms with Crippen LogP contribution in [0.4, 0.5) is 5.69 Å². The SMILES string of the molecule is CC(=O)c1cnn2cc(N3CCOCC3)ccc12. The van der Waals surface area contributed by atoms with Gasteiger partial charge >= 0.3 is 0 Å². The number of hydrogen-bond donors (Lipinski definition) is 0. The highest BCUT2D eigenvalue weighted by Gasteiger charge is 2.13. The molecule has 0 unspecified atom stereocenters. The molecule has 1 saturated heterocycles. The molecule has 0 aromatic carbocycles. The summed E-state index contributed by atoms with van der Waals surface area (Å²) in [7, 11) is 0. The smallest absolute Gasteiger partial charge is 0.163 e. The first-order valence-electron chi connectivity index (χ1n) is 6.07. The topological polar surface area (TPSA) is 46.8 Å². The van der Waals surface area contributed by atoms with E-state index in [4.69, 9.17) is 4.74 Å². The van der Waals surface area contributed by atoms with Crippen molar-refractivity contribution in [3.8, 4) is 0 Å². The molecule has 18 heavy (non-hydrogen) atoms. The summed E-state index contributed by atoms with van der Waals surface area (Å²) in [6.07, 6.45) is 3.59. The number of rotatable bonds is 2. The first-order chi connectivity index (χ1) is 8.75. The molecule has 1 fully saturated rings. The van der Waals surface area contributed by atoms with Gasteiger partial charge < -0.3 is 9.64 Å². The number of carbonyl (C=O) groups is 1. The van der Waals surface area contributed by atoms with Gasteiger partial charge in [0.05, 0.1) is 42.4 Å². The van der Waals surface area contributed by atoms with E-state index in [1.807, 2.05) is 18.3 Å². The van der Waals surface area contributed by atoms with Gasteiger partial charge in [-0.3, -0.25) is 4.79 Å². The van der Waals surface area contributed by atoms with E-state index in [2.05, 4.69) is 10.00 Å². The lowest BCUT2D eigenvalue weighted by Gasteiger charge is -2.28. The van der Waals surface area contributed by atoms with Crippen LogP contribution in [0.2, 0.25) is 0 Å². The summed E-state index contributed by atoms with van der Waals surface area (Å²) >= 11 is 0. The summed E-state index contributed by atoms with van der Waals surface area (Å²) < 4.78 is 7.10. The van der Waals surface area contributed by atoms with Crippen molar-refractivity contribution < 1.29 is 9.53 Å². The molecule has 1 aliphatic rings. The van der Waals surface area contributed by atoms with E-state index in [0.717, 1.165) is 37.5 Å². The highest BCUT2D eigenvalue weighted by molar-refractivity contribution is 6.00. The van der Waals surface area contributed by atoms with E-state index in [0.29, 0.717) is 5.56 Å². The summed E-state index contributed by atoms with van der Waals surface area (Å²) in [6, 6.07) is 3.99. The van der Waals surface area contributed by atoms with Crippen LogP contribution in [0.3, 0.4) is 0 Å². The van der Waals surface area contributed by atoms with Crippen molar-refractivity contribution in [3.05, 3.63) is 30.1 Å². The molecule has 0 spiro atoms. The highest BCUT2D eigenvalue weighted by atomic mass is 16.5. The van der Waals surface area contributed by atoms with E-state index in [9.17, 15) is 4.79 Å². The molecule has 1 aliphatic heterocycles. The molecule has 2 aromatic rings. The molecule has 3 rings (SSSR count). The Morgan fingerprint density at radius 1 is 1.33 bits per heavy atom. The molecule has 0 aliphatic carbocycles. The van der Waals surface area contributed by atoms with Gasteiger partial charge in [-0.2, -0.15) is 5.10 Å². The molecule has 5 heteroatoms. The minimum absolute atomic E-state index is 0.0455. The van der Waals surface area contributed by atoms with Crippen LogP contribution in [0.15, 0.2) is 24.5 Å². The van der Waals surface area contributed by atoms with E-state index >= 15 is 0 Å². The van der Waals surface area contributed by atoms with Crippen molar-refractivity contribution in [3.63, 3.8) is 0 Å². The van der Waals surface area contributed by atoms with Crippen molar-refractivity contribution in [2.75, 3.05) is 31.2 Å². The number of ether oxygens (including phenoxy) is 1. The number of aromatic nitrogens is 2. The van der Waals surface area contributed by atoms with Crippen LogP contribution >= 0.6 is 0 Å². The Hall–Kier alpha value is -1.88. The Morgan fingerprint density at radius 2 is 2.11 bits per heavy atom. The normalized spacial score (nSPS) is 16.2. The Balaban J connectivity index is 1.98. The van der Waals surface area contributed by atoms with Gasteiger partial charge in [-0.25, -0.2) is 4.52 Å². The fraction of sp³-hybridized carbons (Fsp3) is 0.385. The van der Waals surface area contributed by atoms with Gasteiger partial charge in [-0.1, -0.05) is 0 Å². The van der Waals surface area contributed by atoms with Gasteiger partial charge in [0, 0.05) is 13.1 Å². The quantitative estimate of drug-likeness (QED) is 0.750. The maximum absolute atomic E-state index is 11.4. The van der Waals surface area contributed by atoms with Crippen molar-refractivity contribution in [2.45, 2.75) is 6.92 Å². The molecular weight excluding hydrogens is 230 g/mol. The van der Waals surface area contributed by atoms with Crippen LogP contribution < -0.4 is 4.90 Å². The summed E-state index contributed by atoms with van der Waals surface area (Å²) in [6.45, 7) is 4.87. The number of carbonyl (C=O) groups excluding carboxylic acids is 1. The lowest BCUT2D eigenvalue weighted by Crippen LogP contribution is -2.36. The molecule has 0 bridgehead atoms. The minimum atomic E-state index is 0.0455. The van der Waals surface area contributed by atoms with Crippen LogP contribution in [0.25, 0.3) is 5.52 Å². The van der Waals surface area contributed by atoms with Crippen molar-refractivity contribution in [2.24, 2.45) is 0 Å². The predicted molar refractivity (Wildman–Crippen MR) is 68.2 cm³/mol. The molecule has 5 nitrogen and oxygen atoms in total. The zero-order chi connectivity index (χ0) is 12.5. The van der Waals surface area contributed by atoms with Crippen LogP contribution in [0, 0.1) is 0 Å². The van der Waals surface area contributed by atoms with E-state index in [1.54, 1.807) is 17.6 Å². The number of fused-ring (bicyclic) bond motifs is 1. The fourth-order valence-corrected chi connectivity index (χ4v) is 2.25. The Labute approximate surface area is 105 Å². The number of morpholine rings is 1. The second-order valence-electron chi connectivity index (χ2n) is 4.43.